The molecule has 4 rings (SSSR count). The van der Waals surface area contributed by atoms with Crippen molar-refractivity contribution in [2.45, 2.75) is 6.61 Å². The Morgan fingerprint density at radius 3 is 3.05 bits per heavy atom. The van der Waals surface area contributed by atoms with E-state index in [1.807, 2.05) is 12.3 Å². The van der Waals surface area contributed by atoms with Crippen LogP contribution in [0.25, 0.3) is 33.7 Å². The van der Waals surface area contributed by atoms with Gasteiger partial charge < -0.3 is 19.5 Å². The molecule has 0 bridgehead atoms. The minimum absolute atomic E-state index is 0.121. The average molecular weight is 254 g/mol. The van der Waals surface area contributed by atoms with E-state index < -0.39 is 0 Å². The van der Waals surface area contributed by atoms with Crippen LogP contribution in [0.2, 0.25) is 0 Å². The summed E-state index contributed by atoms with van der Waals surface area (Å²) in [5.74, 6) is 1.74. The number of nitrogens with one attached hydrogen (secondary N) is 2. The Labute approximate surface area is 107 Å². The van der Waals surface area contributed by atoms with E-state index >= 15 is 0 Å². The number of aliphatic hydroxyl groups excluding tert-OH is 1. The number of hydrogen-bond donors (Lipinski definition) is 3. The lowest BCUT2D eigenvalue weighted by molar-refractivity contribution is 0.248. The molecule has 0 aliphatic rings. The van der Waals surface area contributed by atoms with Crippen LogP contribution in [0, 0.1) is 0 Å². The zero-order chi connectivity index (χ0) is 12.8. The molecular formula is C13H10N4O2. The van der Waals surface area contributed by atoms with Gasteiger partial charge in [0.25, 0.3) is 0 Å². The normalized spacial score (nSPS) is 11.6. The number of pyridine rings is 1. The third kappa shape index (κ3) is 1.47. The van der Waals surface area contributed by atoms with Crippen LogP contribution < -0.4 is 0 Å². The minimum atomic E-state index is -0.121. The summed E-state index contributed by atoms with van der Waals surface area (Å²) >= 11 is 0. The first-order valence-electron chi connectivity index (χ1n) is 5.87. The number of aromatic amines is 2. The monoisotopic (exact) mass is 254 g/mol. The summed E-state index contributed by atoms with van der Waals surface area (Å²) in [5.41, 5.74) is 2.51. The second kappa shape index (κ2) is 3.69. The zero-order valence-corrected chi connectivity index (χ0v) is 9.84. The molecule has 0 saturated heterocycles. The fourth-order valence-corrected chi connectivity index (χ4v) is 2.18. The minimum Gasteiger partial charge on any atom is -0.455 e. The molecule has 94 valence electrons. The second-order valence-electron chi connectivity index (χ2n) is 4.27. The van der Waals surface area contributed by atoms with Crippen molar-refractivity contribution in [3.8, 4) is 11.6 Å². The van der Waals surface area contributed by atoms with Crippen molar-refractivity contribution in [1.29, 1.82) is 0 Å². The molecule has 4 aromatic rings. The van der Waals surface area contributed by atoms with Crippen molar-refractivity contribution in [2.24, 2.45) is 0 Å². The number of H-pyrrole nitrogens is 2. The van der Waals surface area contributed by atoms with Crippen LogP contribution in [0.15, 0.2) is 35.0 Å². The highest BCUT2D eigenvalue weighted by Crippen LogP contribution is 2.26. The van der Waals surface area contributed by atoms with Gasteiger partial charge in [-0.3, -0.25) is 0 Å². The van der Waals surface area contributed by atoms with Gasteiger partial charge in [0.15, 0.2) is 11.6 Å². The average Bonchev–Trinajstić information content (AvgIpc) is 3.15. The number of fused-ring (bicyclic) bond motifs is 3. The van der Waals surface area contributed by atoms with E-state index in [1.165, 1.54) is 0 Å². The van der Waals surface area contributed by atoms with Crippen molar-refractivity contribution in [3.05, 3.63) is 36.4 Å². The third-order valence-corrected chi connectivity index (χ3v) is 3.09. The maximum atomic E-state index is 9.01. The molecule has 4 heterocycles. The summed E-state index contributed by atoms with van der Waals surface area (Å²) in [6, 6.07) is 5.45. The van der Waals surface area contributed by atoms with E-state index in [0.29, 0.717) is 17.3 Å². The van der Waals surface area contributed by atoms with Gasteiger partial charge in [-0.2, -0.15) is 0 Å². The Bertz CT molecular complexity index is 871. The van der Waals surface area contributed by atoms with Gasteiger partial charge in [0.05, 0.1) is 11.7 Å². The van der Waals surface area contributed by atoms with E-state index in [0.717, 1.165) is 22.1 Å². The number of rotatable bonds is 2. The van der Waals surface area contributed by atoms with Crippen LogP contribution in [0.3, 0.4) is 0 Å². The summed E-state index contributed by atoms with van der Waals surface area (Å²) in [6.45, 7) is -0.121. The Balaban J connectivity index is 1.95. The number of aliphatic hydroxyl groups is 1. The van der Waals surface area contributed by atoms with E-state index in [-0.39, 0.29) is 6.61 Å². The Morgan fingerprint density at radius 2 is 2.21 bits per heavy atom. The first kappa shape index (κ1) is 10.3. The van der Waals surface area contributed by atoms with Crippen LogP contribution in [0.4, 0.5) is 0 Å². The molecule has 0 amide bonds. The fraction of sp³-hybridized carbons (Fsp3) is 0.0769. The van der Waals surface area contributed by atoms with Gasteiger partial charge in [-0.25, -0.2) is 9.97 Å². The van der Waals surface area contributed by atoms with Gasteiger partial charge in [0.2, 0.25) is 0 Å². The number of hydrogen-bond acceptors (Lipinski definition) is 4. The smallest absolute Gasteiger partial charge is 0.174 e. The Hall–Kier alpha value is -2.60. The van der Waals surface area contributed by atoms with E-state index in [2.05, 4.69) is 19.9 Å². The van der Waals surface area contributed by atoms with Gasteiger partial charge in [-0.05, 0) is 18.2 Å². The second-order valence-corrected chi connectivity index (χ2v) is 4.27. The van der Waals surface area contributed by atoms with Crippen LogP contribution in [-0.2, 0) is 6.61 Å². The van der Waals surface area contributed by atoms with Crippen LogP contribution in [0.5, 0.6) is 0 Å². The molecular weight excluding hydrogens is 244 g/mol. The lowest BCUT2D eigenvalue weighted by Gasteiger charge is -1.89. The molecule has 0 aromatic carbocycles. The molecule has 19 heavy (non-hydrogen) atoms. The maximum absolute atomic E-state index is 9.01. The fourth-order valence-electron chi connectivity index (χ4n) is 2.18. The van der Waals surface area contributed by atoms with Gasteiger partial charge in [0, 0.05) is 11.6 Å². The van der Waals surface area contributed by atoms with Gasteiger partial charge >= 0.3 is 0 Å². The number of aromatic nitrogens is 4. The van der Waals surface area contributed by atoms with E-state index in [1.54, 1.807) is 18.3 Å². The first-order valence-corrected chi connectivity index (χ1v) is 5.87. The molecule has 0 atom stereocenters. The summed E-state index contributed by atoms with van der Waals surface area (Å²) in [6.07, 6.45) is 3.57. The largest absolute Gasteiger partial charge is 0.455 e. The molecule has 0 aliphatic carbocycles. The lowest BCUT2D eigenvalue weighted by atomic mass is 10.3. The summed E-state index contributed by atoms with van der Waals surface area (Å²) in [4.78, 5) is 15.1. The van der Waals surface area contributed by atoms with E-state index in [4.69, 9.17) is 9.52 Å². The highest BCUT2D eigenvalue weighted by molar-refractivity contribution is 6.01. The molecule has 3 N–H and O–H groups in total. The molecule has 0 aliphatic heterocycles. The highest BCUT2D eigenvalue weighted by Gasteiger charge is 2.12. The third-order valence-electron chi connectivity index (χ3n) is 3.09. The van der Waals surface area contributed by atoms with Gasteiger partial charge in [-0.1, -0.05) is 0 Å². The molecule has 0 saturated carbocycles. The standard InChI is InChI=1S/C13H10N4O2/c18-6-7-1-2-10(19-7)13-16-9-5-15-12-8(3-4-14-12)11(9)17-13/h1-5,18H,6H2,(H,14,15)(H,16,17). The van der Waals surface area contributed by atoms with Crippen molar-refractivity contribution in [3.63, 3.8) is 0 Å². The molecule has 0 unspecified atom stereocenters. The topological polar surface area (TPSA) is 90.7 Å². The quantitative estimate of drug-likeness (QED) is 0.511. The van der Waals surface area contributed by atoms with Gasteiger partial charge in [0.1, 0.15) is 23.5 Å². The van der Waals surface area contributed by atoms with Crippen molar-refractivity contribution < 1.29 is 9.52 Å². The predicted octanol–water partition coefficient (Wildman–Crippen LogP) is 2.19. The number of nitrogens with zero attached hydrogens (tertiary/aromatic N) is 2. The number of imidazole rings is 1. The van der Waals surface area contributed by atoms with E-state index in [9.17, 15) is 0 Å². The molecule has 6 heteroatoms. The van der Waals surface area contributed by atoms with Crippen LogP contribution in [-0.4, -0.2) is 25.0 Å². The maximum Gasteiger partial charge on any atom is 0.174 e. The van der Waals surface area contributed by atoms with Crippen molar-refractivity contribution >= 4 is 22.1 Å². The molecule has 6 nitrogen and oxygen atoms in total. The Kier molecular flexibility index (Phi) is 2.01. The summed E-state index contributed by atoms with van der Waals surface area (Å²) in [7, 11) is 0. The zero-order valence-electron chi connectivity index (χ0n) is 9.84. The number of furan rings is 1. The molecule has 4 aromatic heterocycles. The molecule has 0 fully saturated rings. The predicted molar refractivity (Wildman–Crippen MR) is 69.4 cm³/mol. The van der Waals surface area contributed by atoms with Crippen LogP contribution >= 0.6 is 0 Å². The molecule has 0 spiro atoms. The van der Waals surface area contributed by atoms with Gasteiger partial charge in [-0.15, -0.1) is 0 Å². The van der Waals surface area contributed by atoms with Crippen LogP contribution in [0.1, 0.15) is 5.76 Å². The summed E-state index contributed by atoms with van der Waals surface area (Å²) in [5, 5.41) is 9.98. The highest BCUT2D eigenvalue weighted by atomic mass is 16.4. The SMILES string of the molecule is OCc1ccc(-c2nc3c(cnc4[nH]ccc43)[nH]2)o1. The molecule has 0 radical (unpaired) electrons. The summed E-state index contributed by atoms with van der Waals surface area (Å²) < 4.78 is 5.47. The van der Waals surface area contributed by atoms with Crippen molar-refractivity contribution in [2.75, 3.05) is 0 Å². The first-order chi connectivity index (χ1) is 9.35. The van der Waals surface area contributed by atoms with Crippen molar-refractivity contribution in [1.82, 2.24) is 19.9 Å². The Morgan fingerprint density at radius 1 is 1.26 bits per heavy atom. The lowest BCUT2D eigenvalue weighted by Crippen LogP contribution is -1.77.